The van der Waals surface area contributed by atoms with Crippen LogP contribution in [0.4, 0.5) is 5.95 Å². The van der Waals surface area contributed by atoms with E-state index in [4.69, 9.17) is 4.74 Å². The predicted octanol–water partition coefficient (Wildman–Crippen LogP) is 0.212. The van der Waals surface area contributed by atoms with Crippen molar-refractivity contribution in [3.63, 3.8) is 0 Å². The van der Waals surface area contributed by atoms with Crippen molar-refractivity contribution in [3.8, 4) is 0 Å². The van der Waals surface area contributed by atoms with Gasteiger partial charge in [-0.15, -0.1) is 5.10 Å². The summed E-state index contributed by atoms with van der Waals surface area (Å²) >= 11 is 0. The number of hydrogen-bond acceptors (Lipinski definition) is 5. The van der Waals surface area contributed by atoms with E-state index in [-0.39, 0.29) is 12.5 Å². The highest BCUT2D eigenvalue weighted by Crippen LogP contribution is 2.06. The molecule has 19 heavy (non-hydrogen) atoms. The van der Waals surface area contributed by atoms with E-state index < -0.39 is 0 Å². The van der Waals surface area contributed by atoms with Crippen LogP contribution in [0.2, 0.25) is 0 Å². The van der Waals surface area contributed by atoms with Crippen LogP contribution in [0.5, 0.6) is 0 Å². The number of aryl methyl sites for hydroxylation is 1. The number of fused-ring (bicyclic) bond motifs is 1. The Bertz CT molecular complexity index is 566. The van der Waals surface area contributed by atoms with E-state index in [9.17, 15) is 4.79 Å². The van der Waals surface area contributed by atoms with Gasteiger partial charge in [-0.25, -0.2) is 4.52 Å². The van der Waals surface area contributed by atoms with Crippen molar-refractivity contribution in [2.45, 2.75) is 6.92 Å². The molecular weight excluding hydrogens is 246 g/mol. The Balaban J connectivity index is 1.89. The molecule has 2 N–H and O–H groups in total. The number of ether oxygens (including phenoxy) is 1. The third kappa shape index (κ3) is 3.65. The van der Waals surface area contributed by atoms with Crippen LogP contribution in [-0.4, -0.2) is 47.3 Å². The summed E-state index contributed by atoms with van der Waals surface area (Å²) in [5, 5.41) is 9.82. The molecule has 0 bridgehead atoms. The van der Waals surface area contributed by atoms with Crippen LogP contribution in [0.25, 0.3) is 5.65 Å². The van der Waals surface area contributed by atoms with Gasteiger partial charge in [-0.05, 0) is 18.6 Å². The van der Waals surface area contributed by atoms with Crippen LogP contribution in [0.15, 0.2) is 18.3 Å². The molecule has 2 aromatic heterocycles. The summed E-state index contributed by atoms with van der Waals surface area (Å²) in [6.45, 7) is 3.11. The lowest BCUT2D eigenvalue weighted by Gasteiger charge is -2.04. The fourth-order valence-electron chi connectivity index (χ4n) is 1.58. The summed E-state index contributed by atoms with van der Waals surface area (Å²) < 4.78 is 6.52. The highest BCUT2D eigenvalue weighted by molar-refractivity contribution is 5.80. The summed E-state index contributed by atoms with van der Waals surface area (Å²) in [7, 11) is 1.59. The maximum absolute atomic E-state index is 11.5. The summed E-state index contributed by atoms with van der Waals surface area (Å²) in [5.74, 6) is 0.319. The van der Waals surface area contributed by atoms with Crippen molar-refractivity contribution in [1.82, 2.24) is 19.9 Å². The zero-order valence-electron chi connectivity index (χ0n) is 11.0. The lowest BCUT2D eigenvalue weighted by atomic mass is 10.3. The predicted molar refractivity (Wildman–Crippen MR) is 71.1 cm³/mol. The Morgan fingerprint density at radius 3 is 3.11 bits per heavy atom. The highest BCUT2D eigenvalue weighted by atomic mass is 16.5. The SMILES string of the molecule is COCCNC(=O)CNc1nc2ccc(C)cn2n1. The van der Waals surface area contributed by atoms with E-state index in [0.717, 1.165) is 11.2 Å². The largest absolute Gasteiger partial charge is 0.383 e. The van der Waals surface area contributed by atoms with Crippen LogP contribution in [0, 0.1) is 6.92 Å². The quantitative estimate of drug-likeness (QED) is 0.728. The van der Waals surface area contributed by atoms with E-state index in [0.29, 0.717) is 19.1 Å². The number of anilines is 1. The molecule has 2 rings (SSSR count). The molecule has 0 atom stereocenters. The second kappa shape index (κ2) is 6.14. The fraction of sp³-hybridized carbons (Fsp3) is 0.417. The van der Waals surface area contributed by atoms with Gasteiger partial charge in [0.25, 0.3) is 0 Å². The highest BCUT2D eigenvalue weighted by Gasteiger charge is 2.05. The standard InChI is InChI=1S/C12H17N5O2/c1-9-3-4-10-15-12(16-17(10)8-9)14-7-11(18)13-5-6-19-2/h3-4,8H,5-7H2,1-2H3,(H,13,18)(H,14,16). The van der Waals surface area contributed by atoms with Gasteiger partial charge in [0.2, 0.25) is 11.9 Å². The second-order valence-electron chi connectivity index (χ2n) is 4.14. The number of carbonyl (C=O) groups is 1. The Morgan fingerprint density at radius 2 is 2.32 bits per heavy atom. The number of aromatic nitrogens is 3. The molecule has 0 unspecified atom stereocenters. The minimum atomic E-state index is -0.118. The molecule has 0 saturated heterocycles. The minimum absolute atomic E-state index is 0.118. The molecule has 7 nitrogen and oxygen atoms in total. The van der Waals surface area contributed by atoms with E-state index in [1.54, 1.807) is 11.6 Å². The molecular formula is C12H17N5O2. The normalized spacial score (nSPS) is 10.6. The van der Waals surface area contributed by atoms with Crippen LogP contribution in [0.3, 0.4) is 0 Å². The van der Waals surface area contributed by atoms with Crippen LogP contribution in [0.1, 0.15) is 5.56 Å². The number of amides is 1. The number of rotatable bonds is 6. The Hall–Kier alpha value is -2.15. The lowest BCUT2D eigenvalue weighted by molar-refractivity contribution is -0.119. The topological polar surface area (TPSA) is 80.5 Å². The number of pyridine rings is 1. The Morgan fingerprint density at radius 1 is 1.47 bits per heavy atom. The summed E-state index contributed by atoms with van der Waals surface area (Å²) in [5.41, 5.74) is 1.84. The summed E-state index contributed by atoms with van der Waals surface area (Å²) in [6, 6.07) is 3.84. The van der Waals surface area contributed by atoms with Gasteiger partial charge in [0, 0.05) is 19.9 Å². The molecule has 0 aliphatic rings. The first-order chi connectivity index (χ1) is 9.19. The van der Waals surface area contributed by atoms with E-state index in [2.05, 4.69) is 20.7 Å². The second-order valence-corrected chi connectivity index (χ2v) is 4.14. The maximum atomic E-state index is 11.5. The first-order valence-electron chi connectivity index (χ1n) is 6.01. The molecule has 1 amide bonds. The Kier molecular flexibility index (Phi) is 4.30. The first-order valence-corrected chi connectivity index (χ1v) is 6.01. The van der Waals surface area contributed by atoms with Crippen LogP contribution < -0.4 is 10.6 Å². The monoisotopic (exact) mass is 263 g/mol. The molecule has 2 heterocycles. The molecule has 0 radical (unpaired) electrons. The zero-order chi connectivity index (χ0) is 13.7. The van der Waals surface area contributed by atoms with Crippen LogP contribution >= 0.6 is 0 Å². The van der Waals surface area contributed by atoms with Gasteiger partial charge >= 0.3 is 0 Å². The average molecular weight is 263 g/mol. The zero-order valence-corrected chi connectivity index (χ0v) is 11.0. The smallest absolute Gasteiger partial charge is 0.243 e. The van der Waals surface area contributed by atoms with Gasteiger partial charge in [0.05, 0.1) is 13.2 Å². The molecule has 2 aromatic rings. The van der Waals surface area contributed by atoms with E-state index >= 15 is 0 Å². The number of carbonyl (C=O) groups excluding carboxylic acids is 1. The van der Waals surface area contributed by atoms with Crippen molar-refractivity contribution in [3.05, 3.63) is 23.9 Å². The molecule has 0 aliphatic carbocycles. The van der Waals surface area contributed by atoms with Gasteiger partial charge < -0.3 is 15.4 Å². The third-order valence-electron chi connectivity index (χ3n) is 2.51. The molecule has 0 fully saturated rings. The molecule has 0 spiro atoms. The number of nitrogens with zero attached hydrogens (tertiary/aromatic N) is 3. The maximum Gasteiger partial charge on any atom is 0.243 e. The molecule has 7 heteroatoms. The number of hydrogen-bond donors (Lipinski definition) is 2. The third-order valence-corrected chi connectivity index (χ3v) is 2.51. The van der Waals surface area contributed by atoms with Gasteiger partial charge in [-0.1, -0.05) is 6.07 Å². The van der Waals surface area contributed by atoms with Gasteiger partial charge in [-0.2, -0.15) is 4.98 Å². The van der Waals surface area contributed by atoms with Crippen molar-refractivity contribution >= 4 is 17.5 Å². The number of methoxy groups -OCH3 is 1. The molecule has 0 saturated carbocycles. The van der Waals surface area contributed by atoms with E-state index in [1.165, 1.54) is 0 Å². The van der Waals surface area contributed by atoms with Gasteiger partial charge in [-0.3, -0.25) is 4.79 Å². The Labute approximate surface area is 111 Å². The number of nitrogens with one attached hydrogen (secondary N) is 2. The van der Waals surface area contributed by atoms with Gasteiger partial charge in [0.15, 0.2) is 5.65 Å². The van der Waals surface area contributed by atoms with Crippen molar-refractivity contribution < 1.29 is 9.53 Å². The van der Waals surface area contributed by atoms with E-state index in [1.807, 2.05) is 25.3 Å². The first kappa shape index (κ1) is 13.3. The molecule has 0 aromatic carbocycles. The van der Waals surface area contributed by atoms with Crippen molar-refractivity contribution in [2.24, 2.45) is 0 Å². The van der Waals surface area contributed by atoms with Crippen molar-refractivity contribution in [2.75, 3.05) is 32.1 Å². The molecule has 102 valence electrons. The summed E-state index contributed by atoms with van der Waals surface area (Å²) in [4.78, 5) is 15.7. The minimum Gasteiger partial charge on any atom is -0.383 e. The van der Waals surface area contributed by atoms with Crippen LogP contribution in [-0.2, 0) is 9.53 Å². The lowest BCUT2D eigenvalue weighted by Crippen LogP contribution is -2.32. The average Bonchev–Trinajstić information content (AvgIpc) is 2.78. The molecule has 0 aliphatic heterocycles. The van der Waals surface area contributed by atoms with Gasteiger partial charge in [0.1, 0.15) is 0 Å². The fourth-order valence-corrected chi connectivity index (χ4v) is 1.58. The van der Waals surface area contributed by atoms with Crippen molar-refractivity contribution in [1.29, 1.82) is 0 Å². The summed E-state index contributed by atoms with van der Waals surface area (Å²) in [6.07, 6.45) is 1.88.